The number of halogens is 2. The Hall–Kier alpha value is -1.92. The van der Waals surface area contributed by atoms with Crippen LogP contribution in [0.5, 0.6) is 5.88 Å². The van der Waals surface area contributed by atoms with E-state index in [1.165, 1.54) is 0 Å². The van der Waals surface area contributed by atoms with Crippen molar-refractivity contribution in [1.82, 2.24) is 9.88 Å². The molecule has 0 aliphatic carbocycles. The molecule has 0 atom stereocenters. The van der Waals surface area contributed by atoms with Gasteiger partial charge in [-0.1, -0.05) is 13.0 Å². The minimum Gasteiger partial charge on any atom is -0.472 e. The van der Waals surface area contributed by atoms with Gasteiger partial charge in [-0.25, -0.2) is 18.8 Å². The van der Waals surface area contributed by atoms with Gasteiger partial charge in [0, 0.05) is 19.2 Å². The van der Waals surface area contributed by atoms with Crippen molar-refractivity contribution in [1.29, 1.82) is 0 Å². The number of likely N-dealkylation sites (tertiary alicyclic amines) is 1. The van der Waals surface area contributed by atoms with Crippen LogP contribution in [0.1, 0.15) is 25.5 Å². The first-order valence-electron chi connectivity index (χ1n) is 7.46. The van der Waals surface area contributed by atoms with Gasteiger partial charge in [0.25, 0.3) is 6.43 Å². The highest BCUT2D eigenvalue weighted by molar-refractivity contribution is 5.78. The third-order valence-corrected chi connectivity index (χ3v) is 3.65. The predicted molar refractivity (Wildman–Crippen MR) is 81.0 cm³/mol. The van der Waals surface area contributed by atoms with Gasteiger partial charge in [-0.05, 0) is 24.8 Å². The lowest BCUT2D eigenvalue weighted by atomic mass is 10.00. The van der Waals surface area contributed by atoms with Gasteiger partial charge in [0.1, 0.15) is 0 Å². The molecular formula is C15H22F2N4O. The Balaban J connectivity index is 1.89. The molecule has 1 aromatic heterocycles. The van der Waals surface area contributed by atoms with Crippen molar-refractivity contribution in [2.75, 3.05) is 19.7 Å². The van der Waals surface area contributed by atoms with E-state index in [1.54, 1.807) is 18.2 Å². The minimum absolute atomic E-state index is 0.179. The van der Waals surface area contributed by atoms with Gasteiger partial charge in [0.05, 0.1) is 12.2 Å². The molecule has 2 rings (SSSR count). The first kappa shape index (κ1) is 16.5. The van der Waals surface area contributed by atoms with E-state index in [9.17, 15) is 8.78 Å². The summed E-state index contributed by atoms with van der Waals surface area (Å²) in [5, 5.41) is 0. The maximum absolute atomic E-state index is 12.1. The number of aromatic nitrogens is 1. The largest absolute Gasteiger partial charge is 0.472 e. The molecule has 2 heterocycles. The first-order chi connectivity index (χ1) is 10.5. The Kier molecular flexibility index (Phi) is 5.91. The van der Waals surface area contributed by atoms with Gasteiger partial charge >= 0.3 is 0 Å². The second-order valence-electron chi connectivity index (χ2n) is 5.51. The third kappa shape index (κ3) is 5.13. The van der Waals surface area contributed by atoms with Crippen molar-refractivity contribution >= 4 is 5.96 Å². The van der Waals surface area contributed by atoms with Crippen LogP contribution in [0.15, 0.2) is 23.2 Å². The summed E-state index contributed by atoms with van der Waals surface area (Å²) in [6, 6.07) is 5.02. The molecule has 7 heteroatoms. The number of hydrogen-bond donors (Lipinski definition) is 1. The molecule has 0 radical (unpaired) electrons. The van der Waals surface area contributed by atoms with E-state index in [0.29, 0.717) is 18.2 Å². The molecule has 0 spiro atoms. The van der Waals surface area contributed by atoms with Crippen LogP contribution in [-0.4, -0.2) is 42.0 Å². The Bertz CT molecular complexity index is 502. The topological polar surface area (TPSA) is 63.7 Å². The number of nitrogens with two attached hydrogens (primary N) is 1. The zero-order valence-corrected chi connectivity index (χ0v) is 12.7. The standard InChI is InChI=1S/C15H22F2N4O/c1-11-5-7-21(8-6-11)15(18)19-9-12-3-2-4-14(20-12)22-10-13(16)17/h2-4,11,13H,5-10H2,1H3,(H2,18,19). The van der Waals surface area contributed by atoms with Crippen LogP contribution in [0.3, 0.4) is 0 Å². The van der Waals surface area contributed by atoms with Gasteiger partial charge in [0.2, 0.25) is 5.88 Å². The normalized spacial score (nSPS) is 17.1. The highest BCUT2D eigenvalue weighted by atomic mass is 19.3. The summed E-state index contributed by atoms with van der Waals surface area (Å²) in [4.78, 5) is 10.5. The van der Waals surface area contributed by atoms with E-state index in [-0.39, 0.29) is 5.88 Å². The molecule has 1 aliphatic heterocycles. The second kappa shape index (κ2) is 7.91. The molecule has 1 fully saturated rings. The Morgan fingerprint density at radius 1 is 1.45 bits per heavy atom. The van der Waals surface area contributed by atoms with Crippen LogP contribution >= 0.6 is 0 Å². The average molecular weight is 312 g/mol. The smallest absolute Gasteiger partial charge is 0.272 e. The predicted octanol–water partition coefficient (Wildman–Crippen LogP) is 2.27. The lowest BCUT2D eigenvalue weighted by molar-refractivity contribution is 0.0795. The van der Waals surface area contributed by atoms with E-state index in [1.807, 2.05) is 0 Å². The van der Waals surface area contributed by atoms with Crippen molar-refractivity contribution in [3.8, 4) is 5.88 Å². The molecule has 1 saturated heterocycles. The number of aliphatic imine (C=N–C) groups is 1. The van der Waals surface area contributed by atoms with E-state index in [4.69, 9.17) is 10.5 Å². The Morgan fingerprint density at radius 3 is 2.86 bits per heavy atom. The molecule has 1 aromatic rings. The fourth-order valence-electron chi connectivity index (χ4n) is 2.27. The van der Waals surface area contributed by atoms with Crippen molar-refractivity contribution in [3.05, 3.63) is 23.9 Å². The van der Waals surface area contributed by atoms with E-state index < -0.39 is 13.0 Å². The average Bonchev–Trinajstić information content (AvgIpc) is 2.52. The van der Waals surface area contributed by atoms with E-state index in [0.717, 1.165) is 31.8 Å². The SMILES string of the molecule is CC1CCN(C(N)=NCc2cccc(OCC(F)F)n2)CC1. The number of pyridine rings is 1. The summed E-state index contributed by atoms with van der Waals surface area (Å²) in [6.45, 7) is 3.72. The number of ether oxygens (including phenoxy) is 1. The lowest BCUT2D eigenvalue weighted by Crippen LogP contribution is -2.42. The summed E-state index contributed by atoms with van der Waals surface area (Å²) >= 11 is 0. The van der Waals surface area contributed by atoms with Crippen LogP contribution < -0.4 is 10.5 Å². The second-order valence-corrected chi connectivity index (χ2v) is 5.51. The van der Waals surface area contributed by atoms with Crippen molar-refractivity contribution in [3.63, 3.8) is 0 Å². The fraction of sp³-hybridized carbons (Fsp3) is 0.600. The Labute approximate surface area is 129 Å². The number of hydrogen-bond acceptors (Lipinski definition) is 3. The number of guanidine groups is 1. The van der Waals surface area contributed by atoms with Crippen LogP contribution in [0.2, 0.25) is 0 Å². The molecule has 0 unspecified atom stereocenters. The fourth-order valence-corrected chi connectivity index (χ4v) is 2.27. The number of piperidine rings is 1. The number of alkyl halides is 2. The zero-order chi connectivity index (χ0) is 15.9. The van der Waals surface area contributed by atoms with Crippen LogP contribution in [-0.2, 0) is 6.54 Å². The molecule has 2 N–H and O–H groups in total. The van der Waals surface area contributed by atoms with Gasteiger partial charge in [0.15, 0.2) is 12.6 Å². The first-order valence-corrected chi connectivity index (χ1v) is 7.46. The summed E-state index contributed by atoms with van der Waals surface area (Å²) in [7, 11) is 0. The molecule has 0 amide bonds. The van der Waals surface area contributed by atoms with E-state index >= 15 is 0 Å². The maximum atomic E-state index is 12.1. The van der Waals surface area contributed by atoms with Gasteiger partial charge in [-0.3, -0.25) is 0 Å². The third-order valence-electron chi connectivity index (χ3n) is 3.65. The molecule has 0 saturated carbocycles. The molecular weight excluding hydrogens is 290 g/mol. The molecule has 122 valence electrons. The molecule has 0 aromatic carbocycles. The lowest BCUT2D eigenvalue weighted by Gasteiger charge is -2.30. The van der Waals surface area contributed by atoms with Crippen molar-refractivity contribution in [2.24, 2.45) is 16.6 Å². The highest BCUT2D eigenvalue weighted by Crippen LogP contribution is 2.16. The van der Waals surface area contributed by atoms with Gasteiger partial charge in [-0.2, -0.15) is 0 Å². The zero-order valence-electron chi connectivity index (χ0n) is 12.7. The van der Waals surface area contributed by atoms with Crippen LogP contribution in [0, 0.1) is 5.92 Å². The summed E-state index contributed by atoms with van der Waals surface area (Å²) in [5.74, 6) is 1.42. The molecule has 1 aliphatic rings. The quantitative estimate of drug-likeness (QED) is 0.669. The monoisotopic (exact) mass is 312 g/mol. The maximum Gasteiger partial charge on any atom is 0.272 e. The van der Waals surface area contributed by atoms with Gasteiger partial charge in [-0.15, -0.1) is 0 Å². The molecule has 5 nitrogen and oxygen atoms in total. The molecule has 22 heavy (non-hydrogen) atoms. The van der Waals surface area contributed by atoms with Crippen LogP contribution in [0.25, 0.3) is 0 Å². The molecule has 0 bridgehead atoms. The summed E-state index contributed by atoms with van der Waals surface area (Å²) < 4.78 is 29.1. The van der Waals surface area contributed by atoms with Crippen molar-refractivity contribution in [2.45, 2.75) is 32.7 Å². The van der Waals surface area contributed by atoms with Gasteiger partial charge < -0.3 is 15.4 Å². The van der Waals surface area contributed by atoms with Crippen molar-refractivity contribution < 1.29 is 13.5 Å². The summed E-state index contributed by atoms with van der Waals surface area (Å²) in [5.41, 5.74) is 6.63. The minimum atomic E-state index is -2.51. The van der Waals surface area contributed by atoms with Crippen LogP contribution in [0.4, 0.5) is 8.78 Å². The number of rotatable bonds is 5. The highest BCUT2D eigenvalue weighted by Gasteiger charge is 2.16. The van der Waals surface area contributed by atoms with E-state index in [2.05, 4.69) is 21.8 Å². The summed E-state index contributed by atoms with van der Waals surface area (Å²) in [6.07, 6.45) is -0.280. The Morgan fingerprint density at radius 2 is 2.18 bits per heavy atom. The number of nitrogens with zero attached hydrogens (tertiary/aromatic N) is 3.